The lowest BCUT2D eigenvalue weighted by molar-refractivity contribution is 0.252. The molecule has 1 atom stereocenters. The van der Waals surface area contributed by atoms with Crippen molar-refractivity contribution in [3.63, 3.8) is 0 Å². The summed E-state index contributed by atoms with van der Waals surface area (Å²) < 4.78 is 5.10. The van der Waals surface area contributed by atoms with Crippen LogP contribution in [0.1, 0.15) is 23.9 Å². The van der Waals surface area contributed by atoms with Gasteiger partial charge in [0, 0.05) is 24.7 Å². The zero-order chi connectivity index (χ0) is 10.7. The Bertz CT molecular complexity index is 276. The monoisotopic (exact) mass is 197 g/mol. The van der Waals surface area contributed by atoms with Gasteiger partial charge in [0.05, 0.1) is 5.69 Å². The maximum absolute atomic E-state index is 5.60. The number of aromatic nitrogens is 1. The Kier molecular flexibility index (Phi) is 3.66. The van der Waals surface area contributed by atoms with E-state index in [1.807, 2.05) is 13.8 Å². The standard InChI is InChI=1S/C10H19N3O/c1-7(5-11)13(4)6-10-8(2)12-14-9(10)3/h7H,5-6,11H2,1-4H3. The summed E-state index contributed by atoms with van der Waals surface area (Å²) >= 11 is 0. The molecule has 14 heavy (non-hydrogen) atoms. The van der Waals surface area contributed by atoms with E-state index in [9.17, 15) is 0 Å². The normalized spacial score (nSPS) is 13.6. The Labute approximate surface area is 85.1 Å². The van der Waals surface area contributed by atoms with E-state index in [0.29, 0.717) is 12.6 Å². The van der Waals surface area contributed by atoms with Gasteiger partial charge >= 0.3 is 0 Å². The van der Waals surface area contributed by atoms with Gasteiger partial charge in [0.25, 0.3) is 0 Å². The average Bonchev–Trinajstić information content (AvgIpc) is 2.48. The van der Waals surface area contributed by atoms with Crippen LogP contribution in [0, 0.1) is 13.8 Å². The molecule has 0 spiro atoms. The van der Waals surface area contributed by atoms with E-state index in [1.165, 1.54) is 5.56 Å². The second-order valence-corrected chi connectivity index (χ2v) is 3.80. The van der Waals surface area contributed by atoms with Gasteiger partial charge in [-0.3, -0.25) is 4.90 Å². The highest BCUT2D eigenvalue weighted by molar-refractivity contribution is 5.20. The highest BCUT2D eigenvalue weighted by atomic mass is 16.5. The molecule has 80 valence electrons. The molecular formula is C10H19N3O. The van der Waals surface area contributed by atoms with Gasteiger partial charge in [0.1, 0.15) is 5.76 Å². The molecule has 0 saturated carbocycles. The van der Waals surface area contributed by atoms with Crippen LogP contribution in [0.2, 0.25) is 0 Å². The Balaban J connectivity index is 2.68. The molecule has 0 aliphatic carbocycles. The summed E-state index contributed by atoms with van der Waals surface area (Å²) in [6.45, 7) is 7.53. The zero-order valence-electron chi connectivity index (χ0n) is 9.37. The van der Waals surface area contributed by atoms with Gasteiger partial charge in [-0.15, -0.1) is 0 Å². The van der Waals surface area contributed by atoms with E-state index in [-0.39, 0.29) is 0 Å². The van der Waals surface area contributed by atoms with Crippen LogP contribution in [0.4, 0.5) is 0 Å². The fourth-order valence-electron chi connectivity index (χ4n) is 1.31. The fourth-order valence-corrected chi connectivity index (χ4v) is 1.31. The van der Waals surface area contributed by atoms with E-state index in [2.05, 4.69) is 24.0 Å². The van der Waals surface area contributed by atoms with Gasteiger partial charge in [0.2, 0.25) is 0 Å². The van der Waals surface area contributed by atoms with Crippen molar-refractivity contribution in [3.8, 4) is 0 Å². The van der Waals surface area contributed by atoms with E-state index < -0.39 is 0 Å². The predicted octanol–water partition coefficient (Wildman–Crippen LogP) is 1.07. The summed E-state index contributed by atoms with van der Waals surface area (Å²) in [5.74, 6) is 0.901. The third-order valence-electron chi connectivity index (χ3n) is 2.68. The van der Waals surface area contributed by atoms with Crippen LogP contribution in [0.25, 0.3) is 0 Å². The Morgan fingerprint density at radius 1 is 1.50 bits per heavy atom. The van der Waals surface area contributed by atoms with Crippen LogP contribution in [-0.2, 0) is 6.54 Å². The molecular weight excluding hydrogens is 178 g/mol. The lowest BCUT2D eigenvalue weighted by atomic mass is 10.2. The molecule has 4 heteroatoms. The molecule has 4 nitrogen and oxygen atoms in total. The number of nitrogens with zero attached hydrogens (tertiary/aromatic N) is 2. The molecule has 0 fully saturated rings. The number of hydrogen-bond acceptors (Lipinski definition) is 4. The van der Waals surface area contributed by atoms with Gasteiger partial charge in [0.15, 0.2) is 0 Å². The first-order valence-electron chi connectivity index (χ1n) is 4.88. The summed E-state index contributed by atoms with van der Waals surface area (Å²) in [5.41, 5.74) is 7.74. The second-order valence-electron chi connectivity index (χ2n) is 3.80. The summed E-state index contributed by atoms with van der Waals surface area (Å²) in [7, 11) is 2.06. The Morgan fingerprint density at radius 2 is 2.14 bits per heavy atom. The summed E-state index contributed by atoms with van der Waals surface area (Å²) in [6, 6.07) is 0.378. The zero-order valence-corrected chi connectivity index (χ0v) is 9.37. The second kappa shape index (κ2) is 4.57. The maximum atomic E-state index is 5.60. The van der Waals surface area contributed by atoms with E-state index in [1.54, 1.807) is 0 Å². The van der Waals surface area contributed by atoms with E-state index >= 15 is 0 Å². The third-order valence-corrected chi connectivity index (χ3v) is 2.68. The number of nitrogens with two attached hydrogens (primary N) is 1. The number of rotatable bonds is 4. The van der Waals surface area contributed by atoms with Crippen LogP contribution in [0.15, 0.2) is 4.52 Å². The minimum absolute atomic E-state index is 0.378. The van der Waals surface area contributed by atoms with Crippen LogP contribution in [-0.4, -0.2) is 29.7 Å². The molecule has 0 aromatic carbocycles. The minimum atomic E-state index is 0.378. The molecule has 0 saturated heterocycles. The smallest absolute Gasteiger partial charge is 0.138 e. The summed E-state index contributed by atoms with van der Waals surface area (Å²) in [5, 5.41) is 3.92. The first-order chi connectivity index (χ1) is 6.56. The first-order valence-corrected chi connectivity index (χ1v) is 4.88. The molecule has 0 amide bonds. The first kappa shape index (κ1) is 11.2. The number of hydrogen-bond donors (Lipinski definition) is 1. The highest BCUT2D eigenvalue weighted by Crippen LogP contribution is 2.14. The highest BCUT2D eigenvalue weighted by Gasteiger charge is 2.14. The van der Waals surface area contributed by atoms with Crippen LogP contribution >= 0.6 is 0 Å². The molecule has 1 unspecified atom stereocenters. The van der Waals surface area contributed by atoms with Crippen molar-refractivity contribution in [2.75, 3.05) is 13.6 Å². The molecule has 1 aromatic rings. The lowest BCUT2D eigenvalue weighted by Gasteiger charge is -2.22. The molecule has 0 bridgehead atoms. The SMILES string of the molecule is Cc1noc(C)c1CN(C)C(C)CN. The largest absolute Gasteiger partial charge is 0.361 e. The third kappa shape index (κ3) is 2.33. The molecule has 1 aromatic heterocycles. The van der Waals surface area contributed by atoms with Gasteiger partial charge in [-0.05, 0) is 27.8 Å². The van der Waals surface area contributed by atoms with Crippen LogP contribution in [0.5, 0.6) is 0 Å². The van der Waals surface area contributed by atoms with Crippen molar-refractivity contribution in [3.05, 3.63) is 17.0 Å². The molecule has 1 heterocycles. The Hall–Kier alpha value is -0.870. The quantitative estimate of drug-likeness (QED) is 0.784. The minimum Gasteiger partial charge on any atom is -0.361 e. The van der Waals surface area contributed by atoms with Crippen molar-refractivity contribution in [1.29, 1.82) is 0 Å². The number of likely N-dealkylation sites (N-methyl/N-ethyl adjacent to an activating group) is 1. The van der Waals surface area contributed by atoms with Crippen molar-refractivity contribution in [2.45, 2.75) is 33.4 Å². The molecule has 0 aliphatic heterocycles. The number of aryl methyl sites for hydroxylation is 2. The lowest BCUT2D eigenvalue weighted by Crippen LogP contribution is -2.34. The van der Waals surface area contributed by atoms with Crippen molar-refractivity contribution in [1.82, 2.24) is 10.1 Å². The average molecular weight is 197 g/mol. The fraction of sp³-hybridized carbons (Fsp3) is 0.700. The molecule has 1 rings (SSSR count). The predicted molar refractivity (Wildman–Crippen MR) is 56.0 cm³/mol. The topological polar surface area (TPSA) is 55.3 Å². The van der Waals surface area contributed by atoms with Crippen LogP contribution in [0.3, 0.4) is 0 Å². The van der Waals surface area contributed by atoms with Gasteiger partial charge in [-0.1, -0.05) is 5.16 Å². The molecule has 2 N–H and O–H groups in total. The summed E-state index contributed by atoms with van der Waals surface area (Å²) in [6.07, 6.45) is 0. The van der Waals surface area contributed by atoms with Gasteiger partial charge in [-0.25, -0.2) is 0 Å². The maximum Gasteiger partial charge on any atom is 0.138 e. The van der Waals surface area contributed by atoms with Gasteiger partial charge in [-0.2, -0.15) is 0 Å². The van der Waals surface area contributed by atoms with Crippen LogP contribution < -0.4 is 5.73 Å². The van der Waals surface area contributed by atoms with Crippen molar-refractivity contribution in [2.24, 2.45) is 5.73 Å². The van der Waals surface area contributed by atoms with E-state index in [0.717, 1.165) is 18.0 Å². The van der Waals surface area contributed by atoms with Crippen molar-refractivity contribution >= 4 is 0 Å². The van der Waals surface area contributed by atoms with Crippen molar-refractivity contribution < 1.29 is 4.52 Å². The molecule has 0 radical (unpaired) electrons. The van der Waals surface area contributed by atoms with Gasteiger partial charge < -0.3 is 10.3 Å². The Morgan fingerprint density at radius 3 is 2.57 bits per heavy atom. The summed E-state index contributed by atoms with van der Waals surface area (Å²) in [4.78, 5) is 2.20. The molecule has 0 aliphatic rings. The van der Waals surface area contributed by atoms with E-state index in [4.69, 9.17) is 10.3 Å².